The van der Waals surface area contributed by atoms with E-state index >= 15 is 0 Å². The van der Waals surface area contributed by atoms with Crippen LogP contribution in [-0.2, 0) is 19.1 Å². The summed E-state index contributed by atoms with van der Waals surface area (Å²) < 4.78 is 10.9. The molecule has 2 aliphatic rings. The van der Waals surface area contributed by atoms with Crippen molar-refractivity contribution in [2.24, 2.45) is 0 Å². The quantitative estimate of drug-likeness (QED) is 0.172. The fraction of sp³-hybridized carbons (Fsp3) is 0.680. The van der Waals surface area contributed by atoms with Gasteiger partial charge < -0.3 is 19.9 Å². The van der Waals surface area contributed by atoms with Crippen LogP contribution in [0, 0.1) is 0 Å². The van der Waals surface area contributed by atoms with Crippen molar-refractivity contribution in [2.75, 3.05) is 0 Å². The highest BCUT2D eigenvalue weighted by Gasteiger charge is 2.36. The summed E-state index contributed by atoms with van der Waals surface area (Å²) in [6, 6.07) is 0. The molecule has 1 amide bonds. The number of cyclic esters (lactones) is 1. The first-order valence-electron chi connectivity index (χ1n) is 11.8. The first-order valence-corrected chi connectivity index (χ1v) is 11.8. The summed E-state index contributed by atoms with van der Waals surface area (Å²) in [5, 5.41) is 12.5. The van der Waals surface area contributed by atoms with Crippen LogP contribution < -0.4 is 5.32 Å². The number of rotatable bonds is 15. The van der Waals surface area contributed by atoms with Crippen LogP contribution >= 0.6 is 0 Å². The third kappa shape index (κ3) is 9.40. The average Bonchev–Trinajstić information content (AvgIpc) is 3.40. The number of epoxide rings is 1. The molecule has 31 heavy (non-hydrogen) atoms. The molecule has 0 aromatic rings. The highest BCUT2D eigenvalue weighted by molar-refractivity contribution is 5.96. The van der Waals surface area contributed by atoms with Gasteiger partial charge in [-0.1, -0.05) is 76.7 Å². The number of hydrogen-bond donors (Lipinski definition) is 2. The Morgan fingerprint density at radius 2 is 1.94 bits per heavy atom. The molecule has 2 heterocycles. The van der Waals surface area contributed by atoms with E-state index in [-0.39, 0.29) is 12.1 Å². The number of amides is 1. The predicted octanol–water partition coefficient (Wildman–Crippen LogP) is 4.48. The lowest BCUT2D eigenvalue weighted by molar-refractivity contribution is -0.146. The maximum atomic E-state index is 12.0. The smallest absolute Gasteiger partial charge is 0.355 e. The highest BCUT2D eigenvalue weighted by atomic mass is 16.6. The summed E-state index contributed by atoms with van der Waals surface area (Å²) in [5.74, 6) is -0.962. The van der Waals surface area contributed by atoms with E-state index in [4.69, 9.17) is 9.47 Å². The molecule has 6 nitrogen and oxygen atoms in total. The number of aliphatic hydroxyl groups excluding tert-OH is 1. The number of hydrogen-bond acceptors (Lipinski definition) is 5. The Morgan fingerprint density at radius 1 is 1.19 bits per heavy atom. The van der Waals surface area contributed by atoms with Gasteiger partial charge in [0.25, 0.3) is 0 Å². The van der Waals surface area contributed by atoms with Gasteiger partial charge in [0.2, 0.25) is 5.91 Å². The molecule has 174 valence electrons. The van der Waals surface area contributed by atoms with Crippen LogP contribution in [0.2, 0.25) is 0 Å². The topological polar surface area (TPSA) is 88.2 Å². The zero-order valence-electron chi connectivity index (χ0n) is 19.3. The summed E-state index contributed by atoms with van der Waals surface area (Å²) in [6.07, 6.45) is 19.0. The summed E-state index contributed by atoms with van der Waals surface area (Å²) >= 11 is 0. The lowest BCUT2D eigenvalue weighted by Gasteiger charge is -2.17. The van der Waals surface area contributed by atoms with E-state index in [1.165, 1.54) is 38.5 Å². The molecule has 0 spiro atoms. The summed E-state index contributed by atoms with van der Waals surface area (Å²) in [4.78, 5) is 23.9. The van der Waals surface area contributed by atoms with Crippen molar-refractivity contribution in [3.8, 4) is 0 Å². The standard InChI is InChI=1S/C25H39NO5/c1-4-6-7-8-9-12-15-21-22(30-21)16-13-10-11-14-19(27)17-23(28)26-20-18-25(3,5-2)31-24(20)29/h10-11,13-14,18-19,21-22,27H,4-9,12,15-17H2,1-3H3,(H,26,28). The van der Waals surface area contributed by atoms with Crippen LogP contribution in [0.3, 0.4) is 0 Å². The van der Waals surface area contributed by atoms with Crippen LogP contribution in [0.1, 0.15) is 85.0 Å². The van der Waals surface area contributed by atoms with Gasteiger partial charge in [0.1, 0.15) is 11.3 Å². The molecule has 0 radical (unpaired) electrons. The molecular formula is C25H39NO5. The molecule has 2 N–H and O–H groups in total. The molecule has 2 aliphatic heterocycles. The normalized spacial score (nSPS) is 26.3. The first kappa shape index (κ1) is 25.3. The zero-order chi connectivity index (χ0) is 22.7. The second-order valence-corrected chi connectivity index (χ2v) is 8.75. The minimum Gasteiger partial charge on any atom is -0.450 e. The Morgan fingerprint density at radius 3 is 2.65 bits per heavy atom. The molecule has 4 atom stereocenters. The van der Waals surface area contributed by atoms with E-state index in [9.17, 15) is 14.7 Å². The number of unbranched alkanes of at least 4 members (excludes halogenated alkanes) is 5. The van der Waals surface area contributed by atoms with E-state index < -0.39 is 23.6 Å². The number of esters is 1. The van der Waals surface area contributed by atoms with Crippen LogP contribution in [-0.4, -0.2) is 40.9 Å². The molecule has 1 fully saturated rings. The van der Waals surface area contributed by atoms with E-state index in [2.05, 4.69) is 12.2 Å². The minimum atomic E-state index is -0.919. The van der Waals surface area contributed by atoms with Gasteiger partial charge in [-0.25, -0.2) is 4.79 Å². The second-order valence-electron chi connectivity index (χ2n) is 8.75. The Bertz CT molecular complexity index is 683. The summed E-state index contributed by atoms with van der Waals surface area (Å²) in [5.41, 5.74) is -0.535. The number of ether oxygens (including phenoxy) is 2. The number of nitrogens with one attached hydrogen (secondary N) is 1. The molecule has 2 rings (SSSR count). The molecule has 0 saturated carbocycles. The van der Waals surface area contributed by atoms with Gasteiger partial charge in [-0.15, -0.1) is 0 Å². The largest absolute Gasteiger partial charge is 0.450 e. The van der Waals surface area contributed by atoms with E-state index in [0.717, 1.165) is 12.8 Å². The maximum absolute atomic E-state index is 12.0. The molecule has 0 bridgehead atoms. The Balaban J connectivity index is 1.56. The second kappa shape index (κ2) is 12.8. The van der Waals surface area contributed by atoms with Gasteiger partial charge in [0, 0.05) is 0 Å². The highest BCUT2D eigenvalue weighted by Crippen LogP contribution is 2.30. The van der Waals surface area contributed by atoms with Crippen molar-refractivity contribution in [3.05, 3.63) is 36.1 Å². The van der Waals surface area contributed by atoms with Crippen molar-refractivity contribution in [3.63, 3.8) is 0 Å². The van der Waals surface area contributed by atoms with Gasteiger partial charge in [0.05, 0.1) is 24.7 Å². The van der Waals surface area contributed by atoms with Crippen molar-refractivity contribution in [2.45, 2.75) is 109 Å². The number of carbonyl (C=O) groups excluding carboxylic acids is 2. The average molecular weight is 434 g/mol. The third-order valence-corrected chi connectivity index (χ3v) is 5.84. The fourth-order valence-electron chi connectivity index (χ4n) is 3.63. The van der Waals surface area contributed by atoms with Gasteiger partial charge in [-0.2, -0.15) is 0 Å². The maximum Gasteiger partial charge on any atom is 0.355 e. The SMILES string of the molecule is CCCCCCCCC1OC1CC=CC=CC(O)CC(=O)NC1=CC(C)(CC)OC1=O. The lowest BCUT2D eigenvalue weighted by atomic mass is 10.0. The predicted molar refractivity (Wildman–Crippen MR) is 121 cm³/mol. The summed E-state index contributed by atoms with van der Waals surface area (Å²) in [6.45, 7) is 5.93. The molecule has 4 unspecified atom stereocenters. The van der Waals surface area contributed by atoms with E-state index in [1.807, 2.05) is 19.1 Å². The van der Waals surface area contributed by atoms with E-state index in [1.54, 1.807) is 25.2 Å². The number of allylic oxidation sites excluding steroid dienone is 2. The monoisotopic (exact) mass is 433 g/mol. The Hall–Kier alpha value is -1.92. The first-order chi connectivity index (χ1) is 14.9. The van der Waals surface area contributed by atoms with Gasteiger partial charge in [-0.05, 0) is 32.3 Å². The molecular weight excluding hydrogens is 394 g/mol. The van der Waals surface area contributed by atoms with Gasteiger partial charge in [0.15, 0.2) is 0 Å². The third-order valence-electron chi connectivity index (χ3n) is 5.84. The van der Waals surface area contributed by atoms with Crippen LogP contribution in [0.25, 0.3) is 0 Å². The van der Waals surface area contributed by atoms with Crippen molar-refractivity contribution in [1.82, 2.24) is 5.32 Å². The van der Waals surface area contributed by atoms with Crippen LogP contribution in [0.15, 0.2) is 36.1 Å². The Kier molecular flexibility index (Phi) is 10.5. The van der Waals surface area contributed by atoms with Crippen molar-refractivity contribution >= 4 is 11.9 Å². The molecule has 6 heteroatoms. The molecule has 1 saturated heterocycles. The van der Waals surface area contributed by atoms with Gasteiger partial charge >= 0.3 is 5.97 Å². The van der Waals surface area contributed by atoms with Crippen LogP contribution in [0.5, 0.6) is 0 Å². The fourth-order valence-corrected chi connectivity index (χ4v) is 3.63. The van der Waals surface area contributed by atoms with Crippen LogP contribution in [0.4, 0.5) is 0 Å². The zero-order valence-corrected chi connectivity index (χ0v) is 19.3. The molecule has 0 aromatic heterocycles. The lowest BCUT2D eigenvalue weighted by Crippen LogP contribution is -2.28. The molecule has 0 aromatic carbocycles. The minimum absolute atomic E-state index is 0.121. The van der Waals surface area contributed by atoms with Crippen molar-refractivity contribution < 1.29 is 24.2 Å². The van der Waals surface area contributed by atoms with Gasteiger partial charge in [-0.3, -0.25) is 4.79 Å². The Labute approximate surface area is 186 Å². The molecule has 0 aliphatic carbocycles. The summed E-state index contributed by atoms with van der Waals surface area (Å²) in [7, 11) is 0. The van der Waals surface area contributed by atoms with Crippen molar-refractivity contribution in [1.29, 1.82) is 0 Å². The number of aliphatic hydroxyl groups is 1. The number of carbonyl (C=O) groups is 2. The van der Waals surface area contributed by atoms with E-state index in [0.29, 0.717) is 18.6 Å².